The number of hydrogen-bond acceptors (Lipinski definition) is 3. The molecule has 1 atom stereocenters. The fourth-order valence-corrected chi connectivity index (χ4v) is 3.89. The van der Waals surface area contributed by atoms with Crippen LogP contribution in [-0.4, -0.2) is 29.7 Å². The summed E-state index contributed by atoms with van der Waals surface area (Å²) in [5.41, 5.74) is 2.35. The van der Waals surface area contributed by atoms with Gasteiger partial charge in [0.25, 0.3) is 0 Å². The van der Waals surface area contributed by atoms with Crippen LogP contribution >= 0.6 is 27.3 Å². The number of amides is 1. The van der Waals surface area contributed by atoms with Crippen LogP contribution < -0.4 is 0 Å². The maximum Gasteiger partial charge on any atom is 0.410 e. The molecule has 1 unspecified atom stereocenters. The van der Waals surface area contributed by atoms with E-state index in [4.69, 9.17) is 4.74 Å². The van der Waals surface area contributed by atoms with Crippen molar-refractivity contribution in [2.24, 2.45) is 0 Å². The van der Waals surface area contributed by atoms with E-state index in [0.29, 0.717) is 0 Å². The van der Waals surface area contributed by atoms with E-state index in [1.807, 2.05) is 27.8 Å². The van der Waals surface area contributed by atoms with Gasteiger partial charge in [-0.1, -0.05) is 0 Å². The SMILES string of the molecule is CN(C(=O)OC(C)(C)C)C1CCc2c(csc2Br)C1. The summed E-state index contributed by atoms with van der Waals surface area (Å²) in [6, 6.07) is 0.240. The van der Waals surface area contributed by atoms with Gasteiger partial charge in [-0.3, -0.25) is 0 Å². The predicted molar refractivity (Wildman–Crippen MR) is 81.8 cm³/mol. The molecule has 1 aromatic heterocycles. The van der Waals surface area contributed by atoms with Crippen molar-refractivity contribution < 1.29 is 9.53 Å². The highest BCUT2D eigenvalue weighted by molar-refractivity contribution is 9.11. The average Bonchev–Trinajstić information content (AvgIpc) is 2.67. The zero-order valence-electron chi connectivity index (χ0n) is 11.8. The summed E-state index contributed by atoms with van der Waals surface area (Å²) in [6.45, 7) is 5.69. The third kappa shape index (κ3) is 3.51. The molecule has 0 aromatic carbocycles. The maximum absolute atomic E-state index is 12.1. The van der Waals surface area contributed by atoms with Crippen LogP contribution in [0.5, 0.6) is 0 Å². The van der Waals surface area contributed by atoms with Gasteiger partial charge >= 0.3 is 6.09 Å². The van der Waals surface area contributed by atoms with E-state index in [9.17, 15) is 4.79 Å². The van der Waals surface area contributed by atoms with E-state index in [1.54, 1.807) is 16.2 Å². The fourth-order valence-electron chi connectivity index (χ4n) is 2.30. The Kier molecular flexibility index (Phi) is 4.26. The van der Waals surface area contributed by atoms with Crippen molar-refractivity contribution in [2.45, 2.75) is 51.7 Å². The molecule has 1 heterocycles. The second-order valence-electron chi connectivity index (χ2n) is 6.00. The second-order valence-corrected chi connectivity index (χ2v) is 8.20. The lowest BCUT2D eigenvalue weighted by Gasteiger charge is -2.33. The van der Waals surface area contributed by atoms with E-state index < -0.39 is 5.60 Å². The largest absolute Gasteiger partial charge is 0.444 e. The lowest BCUT2D eigenvalue weighted by Crippen LogP contribution is -2.43. The number of thiophene rings is 1. The molecule has 0 saturated carbocycles. The number of fused-ring (bicyclic) bond motifs is 1. The van der Waals surface area contributed by atoms with Gasteiger partial charge in [0, 0.05) is 13.1 Å². The number of rotatable bonds is 1. The maximum atomic E-state index is 12.1. The molecule has 0 fully saturated rings. The van der Waals surface area contributed by atoms with Gasteiger partial charge in [0.2, 0.25) is 0 Å². The molecular weight excluding hydrogens is 326 g/mol. The normalized spacial score (nSPS) is 18.9. The van der Waals surface area contributed by atoms with Crippen LogP contribution in [-0.2, 0) is 17.6 Å². The van der Waals surface area contributed by atoms with Crippen molar-refractivity contribution in [3.8, 4) is 0 Å². The first-order valence-electron chi connectivity index (χ1n) is 6.48. The molecule has 0 spiro atoms. The molecule has 0 radical (unpaired) electrons. The molecule has 0 bridgehead atoms. The Labute approximate surface area is 127 Å². The van der Waals surface area contributed by atoms with Crippen molar-refractivity contribution in [1.82, 2.24) is 4.90 Å². The van der Waals surface area contributed by atoms with Crippen molar-refractivity contribution in [2.75, 3.05) is 7.05 Å². The Morgan fingerprint density at radius 2 is 2.21 bits per heavy atom. The van der Waals surface area contributed by atoms with Gasteiger partial charge in [-0.2, -0.15) is 0 Å². The Balaban J connectivity index is 2.02. The van der Waals surface area contributed by atoms with Gasteiger partial charge in [-0.25, -0.2) is 4.79 Å². The molecule has 0 aliphatic heterocycles. The lowest BCUT2D eigenvalue weighted by atomic mass is 9.91. The Bertz CT molecular complexity index is 478. The number of hydrogen-bond donors (Lipinski definition) is 0. The molecule has 5 heteroatoms. The molecular formula is C14H20BrNO2S. The van der Waals surface area contributed by atoms with E-state index in [2.05, 4.69) is 21.3 Å². The summed E-state index contributed by atoms with van der Waals surface area (Å²) < 4.78 is 6.66. The van der Waals surface area contributed by atoms with Gasteiger partial charge < -0.3 is 9.64 Å². The quantitative estimate of drug-likeness (QED) is 0.761. The summed E-state index contributed by atoms with van der Waals surface area (Å²) in [5.74, 6) is 0. The number of carbonyl (C=O) groups is 1. The highest BCUT2D eigenvalue weighted by Gasteiger charge is 2.29. The van der Waals surface area contributed by atoms with Crippen molar-refractivity contribution >= 4 is 33.4 Å². The zero-order chi connectivity index (χ0) is 14.2. The molecule has 1 aliphatic rings. The van der Waals surface area contributed by atoms with Gasteiger partial charge in [0.1, 0.15) is 5.60 Å². The van der Waals surface area contributed by atoms with Gasteiger partial charge in [0.05, 0.1) is 3.79 Å². The third-order valence-electron chi connectivity index (χ3n) is 3.34. The highest BCUT2D eigenvalue weighted by atomic mass is 79.9. The first-order valence-corrected chi connectivity index (χ1v) is 8.16. The molecule has 3 nitrogen and oxygen atoms in total. The van der Waals surface area contributed by atoms with Gasteiger partial charge in [0.15, 0.2) is 0 Å². The summed E-state index contributed by atoms with van der Waals surface area (Å²) in [4.78, 5) is 13.8. The van der Waals surface area contributed by atoms with E-state index >= 15 is 0 Å². The van der Waals surface area contributed by atoms with E-state index in [0.717, 1.165) is 19.3 Å². The number of halogens is 1. The minimum atomic E-state index is -0.434. The monoisotopic (exact) mass is 345 g/mol. The van der Waals surface area contributed by atoms with Crippen molar-refractivity contribution in [3.63, 3.8) is 0 Å². The van der Waals surface area contributed by atoms with Crippen LogP contribution in [0.25, 0.3) is 0 Å². The van der Waals surface area contributed by atoms with Crippen LogP contribution in [0, 0.1) is 0 Å². The molecule has 1 amide bonds. The van der Waals surface area contributed by atoms with Crippen LogP contribution in [0.3, 0.4) is 0 Å². The Hall–Kier alpha value is -0.550. The number of nitrogens with zero attached hydrogens (tertiary/aromatic N) is 1. The molecule has 2 rings (SSSR count). The summed E-state index contributed by atoms with van der Waals surface area (Å²) in [6.07, 6.45) is 2.72. The molecule has 1 aromatic rings. The zero-order valence-corrected chi connectivity index (χ0v) is 14.2. The van der Waals surface area contributed by atoms with Gasteiger partial charge in [-0.15, -0.1) is 11.3 Å². The summed E-state index contributed by atoms with van der Waals surface area (Å²) >= 11 is 5.33. The summed E-state index contributed by atoms with van der Waals surface area (Å²) in [5, 5.41) is 2.19. The number of ether oxygens (including phenoxy) is 1. The topological polar surface area (TPSA) is 29.5 Å². The fraction of sp³-hybridized carbons (Fsp3) is 0.643. The van der Waals surface area contributed by atoms with Crippen LogP contribution in [0.1, 0.15) is 38.3 Å². The first kappa shape index (κ1) is 14.9. The first-order chi connectivity index (χ1) is 8.78. The minimum Gasteiger partial charge on any atom is -0.444 e. The Morgan fingerprint density at radius 3 is 2.84 bits per heavy atom. The molecule has 0 N–H and O–H groups in total. The van der Waals surface area contributed by atoms with Crippen LogP contribution in [0.2, 0.25) is 0 Å². The Morgan fingerprint density at radius 1 is 1.53 bits per heavy atom. The second kappa shape index (κ2) is 5.44. The van der Waals surface area contributed by atoms with E-state index in [1.165, 1.54) is 14.9 Å². The molecule has 19 heavy (non-hydrogen) atoms. The smallest absolute Gasteiger partial charge is 0.410 e. The average molecular weight is 346 g/mol. The lowest BCUT2D eigenvalue weighted by molar-refractivity contribution is 0.0210. The van der Waals surface area contributed by atoms with E-state index in [-0.39, 0.29) is 12.1 Å². The van der Waals surface area contributed by atoms with Crippen LogP contribution in [0.4, 0.5) is 4.79 Å². The predicted octanol–water partition coefficient (Wildman–Crippen LogP) is 4.23. The molecule has 1 aliphatic carbocycles. The van der Waals surface area contributed by atoms with Gasteiger partial charge in [-0.05, 0) is 72.5 Å². The number of likely N-dealkylation sites (N-methyl/N-ethyl adjacent to an activating group) is 1. The van der Waals surface area contributed by atoms with Crippen molar-refractivity contribution in [1.29, 1.82) is 0 Å². The number of carbonyl (C=O) groups excluding carboxylic acids is 1. The standard InChI is InChI=1S/C14H20BrNO2S/c1-14(2,3)18-13(17)16(4)10-5-6-11-9(7-10)8-19-12(11)15/h8,10H,5-7H2,1-4H3. The molecule has 106 valence electrons. The summed E-state index contributed by atoms with van der Waals surface area (Å²) in [7, 11) is 1.84. The molecule has 0 saturated heterocycles. The van der Waals surface area contributed by atoms with Crippen LogP contribution in [0.15, 0.2) is 9.17 Å². The van der Waals surface area contributed by atoms with Crippen molar-refractivity contribution in [3.05, 3.63) is 20.3 Å². The minimum absolute atomic E-state index is 0.227. The highest BCUT2D eigenvalue weighted by Crippen LogP contribution is 2.35. The third-order valence-corrected chi connectivity index (χ3v) is 5.24.